The van der Waals surface area contributed by atoms with Crippen molar-refractivity contribution in [3.05, 3.63) is 67.1 Å². The lowest BCUT2D eigenvalue weighted by molar-refractivity contribution is 1.18. The van der Waals surface area contributed by atoms with Crippen molar-refractivity contribution < 1.29 is 0 Å². The van der Waals surface area contributed by atoms with Crippen LogP contribution in [0.25, 0.3) is 0 Å². The minimum absolute atomic E-state index is 0.536. The Morgan fingerprint density at radius 2 is 1.50 bits per heavy atom. The number of benzene rings is 2. The number of hydrogen-bond acceptors (Lipinski definition) is 0. The molecule has 0 heterocycles. The van der Waals surface area contributed by atoms with E-state index in [0.717, 1.165) is 16.7 Å². The summed E-state index contributed by atoms with van der Waals surface area (Å²) in [6.07, 6.45) is 0.635. The van der Waals surface area contributed by atoms with E-state index in [9.17, 15) is 0 Å². The second kappa shape index (κ2) is 5.71. The molecule has 18 heavy (non-hydrogen) atoms. The molecular formula is C14H10Cl4. The highest BCUT2D eigenvalue weighted by molar-refractivity contribution is 6.42. The van der Waals surface area contributed by atoms with Crippen molar-refractivity contribution in [1.29, 1.82) is 0 Å². The Balaban J connectivity index is 2.39. The zero-order valence-electron chi connectivity index (χ0n) is 9.61. The number of aryl methyl sites for hydroxylation is 1. The zero-order valence-corrected chi connectivity index (χ0v) is 12.6. The van der Waals surface area contributed by atoms with Crippen molar-refractivity contribution in [3.63, 3.8) is 0 Å². The van der Waals surface area contributed by atoms with E-state index in [1.165, 1.54) is 0 Å². The molecule has 2 rings (SSSR count). The fourth-order valence-electron chi connectivity index (χ4n) is 1.73. The minimum atomic E-state index is 0.536. The first-order valence-electron chi connectivity index (χ1n) is 5.36. The summed E-state index contributed by atoms with van der Waals surface area (Å²) in [6.45, 7) is 1.96. The molecule has 0 aliphatic heterocycles. The van der Waals surface area contributed by atoms with E-state index in [4.69, 9.17) is 46.4 Å². The van der Waals surface area contributed by atoms with Crippen molar-refractivity contribution in [1.82, 2.24) is 0 Å². The molecule has 0 nitrogen and oxygen atoms in total. The average Bonchev–Trinajstić information content (AvgIpc) is 2.34. The predicted octanol–water partition coefficient (Wildman–Crippen LogP) is 6.20. The minimum Gasteiger partial charge on any atom is -0.0840 e. The standard InChI is InChI=1S/C14H10Cl4/c1-8-2-4-11(15)10(14(8)18)6-9-3-5-12(16)13(17)7-9/h2-5,7H,6H2,1H3. The molecule has 94 valence electrons. The Labute approximate surface area is 126 Å². The van der Waals surface area contributed by atoms with Crippen LogP contribution in [-0.4, -0.2) is 0 Å². The van der Waals surface area contributed by atoms with Gasteiger partial charge in [0.05, 0.1) is 10.0 Å². The molecule has 0 amide bonds. The molecule has 0 aliphatic carbocycles. The van der Waals surface area contributed by atoms with Gasteiger partial charge in [-0.25, -0.2) is 0 Å². The zero-order chi connectivity index (χ0) is 13.3. The first-order valence-corrected chi connectivity index (χ1v) is 6.87. The number of halogens is 4. The smallest absolute Gasteiger partial charge is 0.0595 e. The molecule has 0 bridgehead atoms. The molecule has 0 saturated heterocycles. The molecule has 2 aromatic carbocycles. The monoisotopic (exact) mass is 318 g/mol. The summed E-state index contributed by atoms with van der Waals surface area (Å²) in [5, 5.41) is 2.45. The van der Waals surface area contributed by atoms with Crippen LogP contribution in [0.1, 0.15) is 16.7 Å². The van der Waals surface area contributed by atoms with Gasteiger partial charge in [0.15, 0.2) is 0 Å². The van der Waals surface area contributed by atoms with Crippen LogP contribution >= 0.6 is 46.4 Å². The van der Waals surface area contributed by atoms with Gasteiger partial charge < -0.3 is 0 Å². The summed E-state index contributed by atoms with van der Waals surface area (Å²) in [6, 6.07) is 9.29. The van der Waals surface area contributed by atoms with Crippen LogP contribution in [-0.2, 0) is 6.42 Å². The molecule has 0 radical (unpaired) electrons. The van der Waals surface area contributed by atoms with Crippen LogP contribution in [0.4, 0.5) is 0 Å². The lowest BCUT2D eigenvalue weighted by Gasteiger charge is -2.10. The Kier molecular flexibility index (Phi) is 4.45. The maximum Gasteiger partial charge on any atom is 0.0595 e. The highest BCUT2D eigenvalue weighted by Gasteiger charge is 2.10. The van der Waals surface area contributed by atoms with Crippen molar-refractivity contribution in [2.24, 2.45) is 0 Å². The second-order valence-corrected chi connectivity index (χ2v) is 5.68. The first kappa shape index (κ1) is 14.0. The first-order chi connectivity index (χ1) is 8.49. The summed E-state index contributed by atoms with van der Waals surface area (Å²) in [5.41, 5.74) is 2.95. The molecule has 0 aromatic heterocycles. The molecule has 0 fully saturated rings. The van der Waals surface area contributed by atoms with Gasteiger partial charge in [-0.2, -0.15) is 0 Å². The molecule has 0 N–H and O–H groups in total. The van der Waals surface area contributed by atoms with E-state index < -0.39 is 0 Å². The maximum absolute atomic E-state index is 6.28. The SMILES string of the molecule is Cc1ccc(Cl)c(Cc2ccc(Cl)c(Cl)c2)c1Cl. The van der Waals surface area contributed by atoms with Crippen molar-refractivity contribution in [2.45, 2.75) is 13.3 Å². The summed E-state index contributed by atoms with van der Waals surface area (Å²) in [4.78, 5) is 0. The third-order valence-corrected chi connectivity index (χ3v) is 4.36. The lowest BCUT2D eigenvalue weighted by Crippen LogP contribution is -1.93. The molecule has 0 saturated carbocycles. The summed E-state index contributed by atoms with van der Waals surface area (Å²) >= 11 is 24.3. The quantitative estimate of drug-likeness (QED) is 0.618. The molecule has 0 aliphatic rings. The molecule has 2 aromatic rings. The highest BCUT2D eigenvalue weighted by Crippen LogP contribution is 2.31. The van der Waals surface area contributed by atoms with Gasteiger partial charge in [0.25, 0.3) is 0 Å². The Morgan fingerprint density at radius 3 is 2.17 bits per heavy atom. The van der Waals surface area contributed by atoms with Crippen molar-refractivity contribution in [2.75, 3.05) is 0 Å². The van der Waals surface area contributed by atoms with E-state index in [2.05, 4.69) is 0 Å². The molecule has 4 heteroatoms. The number of rotatable bonds is 2. The topological polar surface area (TPSA) is 0 Å². The van der Waals surface area contributed by atoms with E-state index in [-0.39, 0.29) is 0 Å². The van der Waals surface area contributed by atoms with E-state index in [0.29, 0.717) is 26.5 Å². The van der Waals surface area contributed by atoms with E-state index >= 15 is 0 Å². The lowest BCUT2D eigenvalue weighted by atomic mass is 10.0. The number of hydrogen-bond donors (Lipinski definition) is 0. The van der Waals surface area contributed by atoms with Crippen LogP contribution in [0.2, 0.25) is 20.1 Å². The van der Waals surface area contributed by atoms with E-state index in [1.54, 1.807) is 6.07 Å². The van der Waals surface area contributed by atoms with E-state index in [1.807, 2.05) is 31.2 Å². The van der Waals surface area contributed by atoms with Crippen LogP contribution in [0, 0.1) is 6.92 Å². The van der Waals surface area contributed by atoms with Gasteiger partial charge in [-0.05, 0) is 41.8 Å². The van der Waals surface area contributed by atoms with Gasteiger partial charge in [0, 0.05) is 16.5 Å². The molecular weight excluding hydrogens is 310 g/mol. The molecule has 0 spiro atoms. The van der Waals surface area contributed by atoms with Crippen molar-refractivity contribution >= 4 is 46.4 Å². The summed E-state index contributed by atoms with van der Waals surface area (Å²) < 4.78 is 0. The van der Waals surface area contributed by atoms with Crippen LogP contribution in [0.5, 0.6) is 0 Å². The largest absolute Gasteiger partial charge is 0.0840 e. The van der Waals surface area contributed by atoms with Gasteiger partial charge in [0.2, 0.25) is 0 Å². The van der Waals surface area contributed by atoms with Gasteiger partial charge >= 0.3 is 0 Å². The summed E-state index contributed by atoms with van der Waals surface area (Å²) in [7, 11) is 0. The van der Waals surface area contributed by atoms with Crippen molar-refractivity contribution in [3.8, 4) is 0 Å². The predicted molar refractivity (Wildman–Crippen MR) is 80.5 cm³/mol. The van der Waals surface area contributed by atoms with Gasteiger partial charge in [-0.15, -0.1) is 0 Å². The fraction of sp³-hybridized carbons (Fsp3) is 0.143. The van der Waals surface area contributed by atoms with Crippen LogP contribution in [0.15, 0.2) is 30.3 Å². The highest BCUT2D eigenvalue weighted by atomic mass is 35.5. The summed E-state index contributed by atoms with van der Waals surface area (Å²) in [5.74, 6) is 0. The van der Waals surface area contributed by atoms with Crippen LogP contribution in [0.3, 0.4) is 0 Å². The van der Waals surface area contributed by atoms with Gasteiger partial charge in [-0.3, -0.25) is 0 Å². The van der Waals surface area contributed by atoms with Crippen LogP contribution < -0.4 is 0 Å². The molecule has 0 atom stereocenters. The molecule has 0 unspecified atom stereocenters. The normalized spacial score (nSPS) is 10.7. The van der Waals surface area contributed by atoms with Gasteiger partial charge in [-0.1, -0.05) is 58.5 Å². The Hall–Kier alpha value is -0.400. The average molecular weight is 320 g/mol. The maximum atomic E-state index is 6.28. The second-order valence-electron chi connectivity index (χ2n) is 4.08. The third kappa shape index (κ3) is 2.95. The van der Waals surface area contributed by atoms with Gasteiger partial charge in [0.1, 0.15) is 0 Å². The Morgan fingerprint density at radius 1 is 0.833 bits per heavy atom. The third-order valence-electron chi connectivity index (χ3n) is 2.74. The Bertz CT molecular complexity index is 591. The fourth-order valence-corrected chi connectivity index (χ4v) is 2.56.